The van der Waals surface area contributed by atoms with Gasteiger partial charge >= 0.3 is 0 Å². The van der Waals surface area contributed by atoms with Crippen molar-refractivity contribution < 1.29 is 0 Å². The molecular weight excluding hydrogens is 238 g/mol. The van der Waals surface area contributed by atoms with E-state index in [1.54, 1.807) is 5.57 Å². The van der Waals surface area contributed by atoms with E-state index in [1.807, 2.05) is 0 Å². The zero-order valence-corrected chi connectivity index (χ0v) is 12.9. The van der Waals surface area contributed by atoms with Gasteiger partial charge in [-0.2, -0.15) is 0 Å². The minimum atomic E-state index is -0.0185. The second-order valence-corrected chi connectivity index (χ2v) is 7.12. The van der Waals surface area contributed by atoms with E-state index in [-0.39, 0.29) is 5.54 Å². The van der Waals surface area contributed by atoms with E-state index in [4.69, 9.17) is 12.2 Å². The largest absolute Gasteiger partial charge is 0.225 e. The number of allylic oxidation sites excluding steroid dienone is 1. The molecule has 0 spiro atoms. The van der Waals surface area contributed by atoms with Crippen LogP contribution >= 0.6 is 12.2 Å². The Morgan fingerprint density at radius 1 is 1.33 bits per heavy atom. The molecule has 0 aromatic carbocycles. The Hall–Kier alpha value is -0.460. The molecule has 0 amide bonds. The summed E-state index contributed by atoms with van der Waals surface area (Å²) in [5, 5.41) is 2.65. The van der Waals surface area contributed by atoms with Crippen LogP contribution in [0.4, 0.5) is 0 Å². The van der Waals surface area contributed by atoms with Gasteiger partial charge in [0.15, 0.2) is 0 Å². The quantitative estimate of drug-likeness (QED) is 0.386. The first-order valence-electron chi connectivity index (χ1n) is 7.21. The molecule has 1 fully saturated rings. The van der Waals surface area contributed by atoms with Crippen LogP contribution in [0.25, 0.3) is 0 Å². The third-order valence-corrected chi connectivity index (χ3v) is 5.35. The Labute approximate surface area is 117 Å². The predicted molar refractivity (Wildman–Crippen MR) is 81.0 cm³/mol. The van der Waals surface area contributed by atoms with Gasteiger partial charge in [0.2, 0.25) is 0 Å². The Bertz CT molecular complexity index is 405. The van der Waals surface area contributed by atoms with E-state index >= 15 is 0 Å². The van der Waals surface area contributed by atoms with Crippen LogP contribution in [0.2, 0.25) is 0 Å². The van der Waals surface area contributed by atoms with E-state index in [1.165, 1.54) is 25.7 Å². The highest BCUT2D eigenvalue weighted by Gasteiger charge is 2.49. The van der Waals surface area contributed by atoms with Gasteiger partial charge < -0.3 is 0 Å². The summed E-state index contributed by atoms with van der Waals surface area (Å²) in [4.78, 5) is 4.56. The molecule has 2 heteroatoms. The first-order valence-corrected chi connectivity index (χ1v) is 7.62. The Morgan fingerprint density at radius 2 is 2.06 bits per heavy atom. The maximum absolute atomic E-state index is 4.88. The zero-order valence-electron chi connectivity index (χ0n) is 12.1. The minimum Gasteiger partial charge on any atom is -0.225 e. The molecule has 2 aliphatic carbocycles. The Balaban J connectivity index is 2.42. The van der Waals surface area contributed by atoms with E-state index in [0.29, 0.717) is 17.3 Å². The molecule has 2 aliphatic rings. The summed E-state index contributed by atoms with van der Waals surface area (Å²) in [5.41, 5.74) is 2.02. The summed E-state index contributed by atoms with van der Waals surface area (Å²) in [6.07, 6.45) is 8.87. The van der Waals surface area contributed by atoms with Crippen molar-refractivity contribution in [2.24, 2.45) is 22.2 Å². The lowest BCUT2D eigenvalue weighted by atomic mass is 9.55. The normalized spacial score (nSPS) is 39.8. The third-order valence-electron chi connectivity index (χ3n) is 5.26. The van der Waals surface area contributed by atoms with Crippen molar-refractivity contribution in [3.05, 3.63) is 11.6 Å². The van der Waals surface area contributed by atoms with E-state index < -0.39 is 0 Å². The molecular formula is C16H25NS. The monoisotopic (exact) mass is 263 g/mol. The lowest BCUT2D eigenvalue weighted by Gasteiger charge is -2.51. The zero-order chi connectivity index (χ0) is 13.4. The van der Waals surface area contributed by atoms with Crippen molar-refractivity contribution in [1.29, 1.82) is 0 Å². The molecule has 0 radical (unpaired) electrons. The Morgan fingerprint density at radius 3 is 2.67 bits per heavy atom. The SMILES string of the molecule is CC(C)C1=C[C@H]2[C@@](C)(CCC[C@@]2(C)N=C=S)CC1. The van der Waals surface area contributed by atoms with Crippen LogP contribution in [0.3, 0.4) is 0 Å². The number of isothiocyanates is 1. The summed E-state index contributed by atoms with van der Waals surface area (Å²) in [6.45, 7) is 9.32. The van der Waals surface area contributed by atoms with E-state index in [0.717, 1.165) is 6.42 Å². The molecule has 0 heterocycles. The summed E-state index contributed by atoms with van der Waals surface area (Å²) >= 11 is 4.88. The van der Waals surface area contributed by atoms with Crippen molar-refractivity contribution in [1.82, 2.24) is 0 Å². The average Bonchev–Trinajstić information content (AvgIpc) is 2.28. The topological polar surface area (TPSA) is 12.4 Å². The molecule has 2 rings (SSSR count). The van der Waals surface area contributed by atoms with Gasteiger partial charge in [0, 0.05) is 5.92 Å². The number of nitrogens with zero attached hydrogens (tertiary/aromatic N) is 1. The molecule has 0 aliphatic heterocycles. The molecule has 0 bridgehead atoms. The number of thiocarbonyl (C=S) groups is 1. The second kappa shape index (κ2) is 4.90. The van der Waals surface area contributed by atoms with E-state index in [2.05, 4.69) is 43.9 Å². The van der Waals surface area contributed by atoms with Crippen molar-refractivity contribution >= 4 is 17.4 Å². The highest BCUT2D eigenvalue weighted by atomic mass is 32.1. The van der Waals surface area contributed by atoms with Crippen molar-refractivity contribution in [2.45, 2.75) is 65.3 Å². The highest BCUT2D eigenvalue weighted by Crippen LogP contribution is 2.54. The number of hydrogen-bond donors (Lipinski definition) is 0. The fourth-order valence-electron chi connectivity index (χ4n) is 4.01. The van der Waals surface area contributed by atoms with Gasteiger partial charge in [-0.3, -0.25) is 0 Å². The van der Waals surface area contributed by atoms with Crippen LogP contribution in [0, 0.1) is 17.3 Å². The molecule has 1 saturated carbocycles. The van der Waals surface area contributed by atoms with Crippen LogP contribution in [0.5, 0.6) is 0 Å². The van der Waals surface area contributed by atoms with Gasteiger partial charge in [0.05, 0.1) is 10.7 Å². The van der Waals surface area contributed by atoms with Crippen LogP contribution in [0.15, 0.2) is 16.6 Å². The molecule has 0 aromatic rings. The van der Waals surface area contributed by atoms with Gasteiger partial charge in [-0.05, 0) is 56.2 Å². The van der Waals surface area contributed by atoms with Crippen LogP contribution in [-0.2, 0) is 0 Å². The average molecular weight is 263 g/mol. The minimum absolute atomic E-state index is 0.0185. The molecule has 0 aromatic heterocycles. The molecule has 18 heavy (non-hydrogen) atoms. The van der Waals surface area contributed by atoms with Gasteiger partial charge in [-0.25, -0.2) is 4.99 Å². The van der Waals surface area contributed by atoms with Crippen molar-refractivity contribution in [3.63, 3.8) is 0 Å². The van der Waals surface area contributed by atoms with Gasteiger partial charge in [0.25, 0.3) is 0 Å². The maximum Gasteiger partial charge on any atom is 0.0750 e. The van der Waals surface area contributed by atoms with Crippen LogP contribution < -0.4 is 0 Å². The number of hydrogen-bond acceptors (Lipinski definition) is 2. The molecule has 1 nitrogen and oxygen atoms in total. The van der Waals surface area contributed by atoms with Gasteiger partial charge in [-0.1, -0.05) is 38.8 Å². The van der Waals surface area contributed by atoms with Gasteiger partial charge in [-0.15, -0.1) is 0 Å². The second-order valence-electron chi connectivity index (χ2n) is 6.94. The molecule has 100 valence electrons. The van der Waals surface area contributed by atoms with Gasteiger partial charge in [0.1, 0.15) is 0 Å². The lowest BCUT2D eigenvalue weighted by Crippen LogP contribution is -2.47. The molecule has 0 unspecified atom stereocenters. The smallest absolute Gasteiger partial charge is 0.0750 e. The maximum atomic E-state index is 4.88. The summed E-state index contributed by atoms with van der Waals surface area (Å²) in [5.74, 6) is 1.21. The first kappa shape index (κ1) is 14.0. The highest BCUT2D eigenvalue weighted by molar-refractivity contribution is 7.78. The summed E-state index contributed by atoms with van der Waals surface area (Å²) < 4.78 is 0. The lowest BCUT2D eigenvalue weighted by molar-refractivity contribution is 0.0630. The number of fused-ring (bicyclic) bond motifs is 1. The Kier molecular flexibility index (Phi) is 3.80. The summed E-state index contributed by atoms with van der Waals surface area (Å²) in [7, 11) is 0. The predicted octanol–water partition coefficient (Wildman–Crippen LogP) is 5.03. The fourth-order valence-corrected chi connectivity index (χ4v) is 4.22. The summed E-state index contributed by atoms with van der Waals surface area (Å²) in [6, 6.07) is 0. The van der Waals surface area contributed by atoms with Crippen LogP contribution in [-0.4, -0.2) is 10.7 Å². The fraction of sp³-hybridized carbons (Fsp3) is 0.812. The molecule has 0 N–H and O–H groups in total. The first-order chi connectivity index (χ1) is 8.41. The van der Waals surface area contributed by atoms with E-state index in [9.17, 15) is 0 Å². The molecule has 3 atom stereocenters. The number of aliphatic imine (C=N–C) groups is 1. The van der Waals surface area contributed by atoms with Crippen LogP contribution in [0.1, 0.15) is 59.8 Å². The standard InChI is InChI=1S/C16H25NS/c1-12(2)13-6-9-15(3)7-5-8-16(4,17-11-18)14(15)10-13/h10,12,14H,5-9H2,1-4H3/t14-,15-,16+/m0/s1. The van der Waals surface area contributed by atoms with Crippen molar-refractivity contribution in [2.75, 3.05) is 0 Å². The molecule has 0 saturated heterocycles. The van der Waals surface area contributed by atoms with Crippen molar-refractivity contribution in [3.8, 4) is 0 Å². The third kappa shape index (κ3) is 2.33. The number of rotatable bonds is 2.